The predicted molar refractivity (Wildman–Crippen MR) is 72.3 cm³/mol. The van der Waals surface area contributed by atoms with Crippen molar-refractivity contribution in [3.63, 3.8) is 0 Å². The van der Waals surface area contributed by atoms with E-state index >= 15 is 0 Å². The van der Waals surface area contributed by atoms with Crippen LogP contribution in [0.3, 0.4) is 0 Å². The predicted octanol–water partition coefficient (Wildman–Crippen LogP) is 2.43. The zero-order chi connectivity index (χ0) is 13.0. The Morgan fingerprint density at radius 2 is 2.33 bits per heavy atom. The number of benzene rings is 1. The molecule has 1 aromatic rings. The molecule has 1 atom stereocenters. The maximum atomic E-state index is 11.5. The van der Waals surface area contributed by atoms with Crippen molar-refractivity contribution in [2.24, 2.45) is 0 Å². The third kappa shape index (κ3) is 3.29. The SMILES string of the molecule is COc1cc(NC2CCCNC(=O)C2)ccc1Cl. The molecule has 1 heterocycles. The van der Waals surface area contributed by atoms with E-state index in [9.17, 15) is 4.79 Å². The monoisotopic (exact) mass is 268 g/mol. The van der Waals surface area contributed by atoms with Gasteiger partial charge in [-0.3, -0.25) is 4.79 Å². The molecule has 1 aliphatic heterocycles. The molecule has 4 nitrogen and oxygen atoms in total. The van der Waals surface area contributed by atoms with E-state index in [0.29, 0.717) is 17.2 Å². The van der Waals surface area contributed by atoms with Gasteiger partial charge in [0.2, 0.25) is 5.91 Å². The summed E-state index contributed by atoms with van der Waals surface area (Å²) < 4.78 is 5.17. The van der Waals surface area contributed by atoms with E-state index in [2.05, 4.69) is 10.6 Å². The second kappa shape index (κ2) is 5.96. The Bertz CT molecular complexity index is 437. The van der Waals surface area contributed by atoms with Gasteiger partial charge in [-0.2, -0.15) is 0 Å². The lowest BCUT2D eigenvalue weighted by Crippen LogP contribution is -2.26. The van der Waals surface area contributed by atoms with E-state index in [0.717, 1.165) is 25.1 Å². The minimum absolute atomic E-state index is 0.103. The Labute approximate surface area is 112 Å². The summed E-state index contributed by atoms with van der Waals surface area (Å²) in [5, 5.41) is 6.81. The first kappa shape index (κ1) is 13.0. The first-order valence-corrected chi connectivity index (χ1v) is 6.43. The molecule has 0 spiro atoms. The molecule has 0 bridgehead atoms. The molecule has 1 amide bonds. The molecule has 98 valence electrons. The molecule has 0 radical (unpaired) electrons. The van der Waals surface area contributed by atoms with Crippen molar-refractivity contribution in [1.29, 1.82) is 0 Å². The normalized spacial score (nSPS) is 19.9. The largest absolute Gasteiger partial charge is 0.495 e. The number of carbonyl (C=O) groups is 1. The van der Waals surface area contributed by atoms with Gasteiger partial charge in [0.1, 0.15) is 5.75 Å². The van der Waals surface area contributed by atoms with Gasteiger partial charge in [0, 0.05) is 30.8 Å². The van der Waals surface area contributed by atoms with Crippen LogP contribution in [0.15, 0.2) is 18.2 Å². The van der Waals surface area contributed by atoms with Crippen LogP contribution < -0.4 is 15.4 Å². The average Bonchev–Trinajstić information content (AvgIpc) is 2.56. The molecule has 1 saturated heterocycles. The third-order valence-corrected chi connectivity index (χ3v) is 3.32. The molecular weight excluding hydrogens is 252 g/mol. The van der Waals surface area contributed by atoms with Gasteiger partial charge in [0.25, 0.3) is 0 Å². The molecule has 1 fully saturated rings. The molecule has 18 heavy (non-hydrogen) atoms. The molecule has 2 N–H and O–H groups in total. The molecule has 1 aliphatic rings. The van der Waals surface area contributed by atoms with Gasteiger partial charge in [0.15, 0.2) is 0 Å². The van der Waals surface area contributed by atoms with Crippen LogP contribution in [-0.4, -0.2) is 25.6 Å². The van der Waals surface area contributed by atoms with Crippen molar-refractivity contribution in [2.45, 2.75) is 25.3 Å². The Morgan fingerprint density at radius 1 is 1.50 bits per heavy atom. The van der Waals surface area contributed by atoms with Crippen molar-refractivity contribution in [3.05, 3.63) is 23.2 Å². The van der Waals surface area contributed by atoms with E-state index in [-0.39, 0.29) is 11.9 Å². The number of methoxy groups -OCH3 is 1. The lowest BCUT2D eigenvalue weighted by Gasteiger charge is -2.17. The molecule has 0 aromatic heterocycles. The van der Waals surface area contributed by atoms with Gasteiger partial charge in [-0.05, 0) is 25.0 Å². The highest BCUT2D eigenvalue weighted by Crippen LogP contribution is 2.28. The van der Waals surface area contributed by atoms with Crippen LogP contribution in [0, 0.1) is 0 Å². The molecule has 0 saturated carbocycles. The standard InChI is InChI=1S/C13H17ClN2O2/c1-18-12-7-10(4-5-11(12)14)16-9-3-2-6-15-13(17)8-9/h4-5,7,9,16H,2-3,6,8H2,1H3,(H,15,17). The number of anilines is 1. The maximum Gasteiger partial charge on any atom is 0.222 e. The number of halogens is 1. The fourth-order valence-corrected chi connectivity index (χ4v) is 2.28. The number of nitrogens with one attached hydrogen (secondary N) is 2. The van der Waals surface area contributed by atoms with Crippen LogP contribution in [0.25, 0.3) is 0 Å². The summed E-state index contributed by atoms with van der Waals surface area (Å²) in [6.07, 6.45) is 2.47. The molecule has 2 rings (SSSR count). The smallest absolute Gasteiger partial charge is 0.222 e. The highest BCUT2D eigenvalue weighted by atomic mass is 35.5. The summed E-state index contributed by atoms with van der Waals surface area (Å²) in [5.41, 5.74) is 0.927. The number of carbonyl (C=O) groups excluding carboxylic acids is 1. The fraction of sp³-hybridized carbons (Fsp3) is 0.462. The van der Waals surface area contributed by atoms with Crippen LogP contribution in [0.2, 0.25) is 5.02 Å². The Kier molecular flexibility index (Phi) is 4.31. The van der Waals surface area contributed by atoms with E-state index < -0.39 is 0 Å². The Balaban J connectivity index is 2.05. The zero-order valence-corrected chi connectivity index (χ0v) is 11.1. The molecule has 5 heteroatoms. The molecule has 1 unspecified atom stereocenters. The van der Waals surface area contributed by atoms with Crippen molar-refractivity contribution >= 4 is 23.2 Å². The summed E-state index contributed by atoms with van der Waals surface area (Å²) in [7, 11) is 1.59. The lowest BCUT2D eigenvalue weighted by molar-refractivity contribution is -0.120. The van der Waals surface area contributed by atoms with Crippen molar-refractivity contribution in [2.75, 3.05) is 19.0 Å². The summed E-state index contributed by atoms with van der Waals surface area (Å²) in [4.78, 5) is 11.5. The van der Waals surface area contributed by atoms with Gasteiger partial charge in [-0.15, -0.1) is 0 Å². The van der Waals surface area contributed by atoms with Crippen LogP contribution in [0.5, 0.6) is 5.75 Å². The quantitative estimate of drug-likeness (QED) is 0.885. The summed E-state index contributed by atoms with van der Waals surface area (Å²) in [6, 6.07) is 5.71. The van der Waals surface area contributed by atoms with Crippen molar-refractivity contribution < 1.29 is 9.53 Å². The third-order valence-electron chi connectivity index (χ3n) is 3.01. The van der Waals surface area contributed by atoms with Gasteiger partial charge in [-0.1, -0.05) is 11.6 Å². The number of hydrogen-bond donors (Lipinski definition) is 2. The topological polar surface area (TPSA) is 50.4 Å². The molecule has 0 aliphatic carbocycles. The van der Waals surface area contributed by atoms with Crippen LogP contribution in [0.1, 0.15) is 19.3 Å². The van der Waals surface area contributed by atoms with E-state index in [1.807, 2.05) is 12.1 Å². The summed E-state index contributed by atoms with van der Waals surface area (Å²) in [6.45, 7) is 0.765. The van der Waals surface area contributed by atoms with Crippen molar-refractivity contribution in [3.8, 4) is 5.75 Å². The van der Waals surface area contributed by atoms with Crippen LogP contribution >= 0.6 is 11.6 Å². The van der Waals surface area contributed by atoms with Crippen LogP contribution in [-0.2, 0) is 4.79 Å². The highest BCUT2D eigenvalue weighted by molar-refractivity contribution is 6.32. The van der Waals surface area contributed by atoms with E-state index in [1.165, 1.54) is 0 Å². The highest BCUT2D eigenvalue weighted by Gasteiger charge is 2.17. The zero-order valence-electron chi connectivity index (χ0n) is 10.3. The van der Waals surface area contributed by atoms with Gasteiger partial charge >= 0.3 is 0 Å². The van der Waals surface area contributed by atoms with Crippen molar-refractivity contribution in [1.82, 2.24) is 5.32 Å². The maximum absolute atomic E-state index is 11.5. The van der Waals surface area contributed by atoms with Gasteiger partial charge in [-0.25, -0.2) is 0 Å². The first-order valence-electron chi connectivity index (χ1n) is 6.06. The van der Waals surface area contributed by atoms with E-state index in [4.69, 9.17) is 16.3 Å². The molecular formula is C13H17ClN2O2. The first-order chi connectivity index (χ1) is 8.69. The number of rotatable bonds is 3. The Hall–Kier alpha value is -1.42. The van der Waals surface area contributed by atoms with Gasteiger partial charge < -0.3 is 15.4 Å². The minimum atomic E-state index is 0.103. The minimum Gasteiger partial charge on any atom is -0.495 e. The summed E-state index contributed by atoms with van der Waals surface area (Å²) in [5.74, 6) is 0.741. The van der Waals surface area contributed by atoms with E-state index in [1.54, 1.807) is 13.2 Å². The number of amides is 1. The Morgan fingerprint density at radius 3 is 3.11 bits per heavy atom. The summed E-state index contributed by atoms with van der Waals surface area (Å²) >= 11 is 5.97. The molecule has 1 aromatic carbocycles. The second-order valence-corrected chi connectivity index (χ2v) is 4.79. The number of hydrogen-bond acceptors (Lipinski definition) is 3. The average molecular weight is 269 g/mol. The lowest BCUT2D eigenvalue weighted by atomic mass is 10.1. The van der Waals surface area contributed by atoms with Crippen LogP contribution in [0.4, 0.5) is 5.69 Å². The van der Waals surface area contributed by atoms with Gasteiger partial charge in [0.05, 0.1) is 12.1 Å². The second-order valence-electron chi connectivity index (χ2n) is 4.39. The number of ether oxygens (including phenoxy) is 1. The fourth-order valence-electron chi connectivity index (χ4n) is 2.08.